The molecule has 1 heterocycles. The zero-order valence-corrected chi connectivity index (χ0v) is 9.30. The van der Waals surface area contributed by atoms with Gasteiger partial charge in [-0.15, -0.1) is 0 Å². The van der Waals surface area contributed by atoms with E-state index < -0.39 is 10.0 Å². The maximum Gasteiger partial charge on any atom is 0.229 e. The molecule has 0 amide bonds. The Hall–Kier alpha value is -1.61. The Morgan fingerprint density at radius 2 is 2.20 bits per heavy atom. The van der Waals surface area contributed by atoms with E-state index in [9.17, 15) is 8.42 Å². The van der Waals surface area contributed by atoms with Crippen LogP contribution >= 0.6 is 0 Å². The van der Waals surface area contributed by atoms with E-state index in [0.29, 0.717) is 17.8 Å². The molecule has 6 heteroatoms. The lowest BCUT2D eigenvalue weighted by Crippen LogP contribution is -2.12. The van der Waals surface area contributed by atoms with Gasteiger partial charge < -0.3 is 0 Å². The first-order valence-electron chi connectivity index (χ1n) is 4.34. The molecule has 0 radical (unpaired) electrons. The van der Waals surface area contributed by atoms with E-state index in [1.54, 1.807) is 6.07 Å². The molecule has 0 saturated carbocycles. The van der Waals surface area contributed by atoms with Gasteiger partial charge in [-0.1, -0.05) is 6.92 Å². The van der Waals surface area contributed by atoms with Crippen LogP contribution in [0.5, 0.6) is 0 Å². The minimum Gasteiger partial charge on any atom is -0.282 e. The first kappa shape index (κ1) is 11.5. The molecule has 5 nitrogen and oxygen atoms in total. The van der Waals surface area contributed by atoms with Gasteiger partial charge in [0.15, 0.2) is 0 Å². The third-order valence-electron chi connectivity index (χ3n) is 1.72. The van der Waals surface area contributed by atoms with Crippen molar-refractivity contribution in [3.8, 4) is 6.07 Å². The fraction of sp³-hybridized carbons (Fsp3) is 0.333. The lowest BCUT2D eigenvalue weighted by molar-refractivity contribution is 0.606. The molecular weight excluding hydrogens is 214 g/mol. The number of pyridine rings is 1. The first-order valence-corrected chi connectivity index (χ1v) is 6.23. The highest BCUT2D eigenvalue weighted by Gasteiger charge is 2.08. The molecule has 15 heavy (non-hydrogen) atoms. The Kier molecular flexibility index (Phi) is 3.27. The van der Waals surface area contributed by atoms with E-state index in [0.717, 1.165) is 6.26 Å². The quantitative estimate of drug-likeness (QED) is 0.828. The van der Waals surface area contributed by atoms with Gasteiger partial charge in [-0.25, -0.2) is 13.4 Å². The zero-order valence-electron chi connectivity index (χ0n) is 8.48. The summed E-state index contributed by atoms with van der Waals surface area (Å²) in [5, 5.41) is 8.63. The SMILES string of the molecule is CCc1nc(C#N)ccc1NS(C)(=O)=O. The van der Waals surface area contributed by atoms with Crippen LogP contribution < -0.4 is 4.72 Å². The summed E-state index contributed by atoms with van der Waals surface area (Å²) in [4.78, 5) is 4.01. The van der Waals surface area contributed by atoms with Crippen molar-refractivity contribution < 1.29 is 8.42 Å². The molecule has 0 fully saturated rings. The van der Waals surface area contributed by atoms with Gasteiger partial charge >= 0.3 is 0 Å². The third kappa shape index (κ3) is 3.22. The maximum absolute atomic E-state index is 11.0. The molecule has 0 aliphatic carbocycles. The van der Waals surface area contributed by atoms with Crippen LogP contribution in [0.2, 0.25) is 0 Å². The minimum absolute atomic E-state index is 0.283. The van der Waals surface area contributed by atoms with E-state index in [-0.39, 0.29) is 5.69 Å². The number of aryl methyl sites for hydroxylation is 1. The van der Waals surface area contributed by atoms with E-state index >= 15 is 0 Å². The molecule has 0 spiro atoms. The summed E-state index contributed by atoms with van der Waals surface area (Å²) >= 11 is 0. The van der Waals surface area contributed by atoms with Crippen LogP contribution in [-0.4, -0.2) is 19.7 Å². The fourth-order valence-electron chi connectivity index (χ4n) is 1.13. The Bertz CT molecular complexity index is 503. The smallest absolute Gasteiger partial charge is 0.229 e. The number of hydrogen-bond acceptors (Lipinski definition) is 4. The van der Waals surface area contributed by atoms with Gasteiger partial charge in [0, 0.05) is 0 Å². The molecule has 0 saturated heterocycles. The Labute approximate surface area is 88.8 Å². The Balaban J connectivity index is 3.15. The van der Waals surface area contributed by atoms with E-state index in [4.69, 9.17) is 5.26 Å². The second-order valence-electron chi connectivity index (χ2n) is 3.03. The van der Waals surface area contributed by atoms with Gasteiger partial charge in [0.05, 0.1) is 17.6 Å². The highest BCUT2D eigenvalue weighted by Crippen LogP contribution is 2.15. The van der Waals surface area contributed by atoms with Gasteiger partial charge in [-0.3, -0.25) is 4.72 Å². The summed E-state index contributed by atoms with van der Waals surface area (Å²) in [5.41, 5.74) is 1.28. The van der Waals surface area contributed by atoms with Crippen LogP contribution in [-0.2, 0) is 16.4 Å². The molecule has 0 atom stereocenters. The van der Waals surface area contributed by atoms with Crippen LogP contribution in [0, 0.1) is 11.3 Å². The number of aromatic nitrogens is 1. The summed E-state index contributed by atoms with van der Waals surface area (Å²) in [6, 6.07) is 4.93. The van der Waals surface area contributed by atoms with Crippen molar-refractivity contribution in [2.24, 2.45) is 0 Å². The summed E-state index contributed by atoms with van der Waals surface area (Å²) in [6.45, 7) is 1.84. The summed E-state index contributed by atoms with van der Waals surface area (Å²) in [6.07, 6.45) is 1.64. The monoisotopic (exact) mass is 225 g/mol. The topological polar surface area (TPSA) is 82.8 Å². The molecule has 1 aromatic rings. The van der Waals surface area contributed by atoms with E-state index in [1.807, 2.05) is 13.0 Å². The number of hydrogen-bond donors (Lipinski definition) is 1. The second-order valence-corrected chi connectivity index (χ2v) is 4.78. The van der Waals surface area contributed by atoms with Gasteiger partial charge in [0.1, 0.15) is 11.8 Å². The normalized spacial score (nSPS) is 10.7. The average molecular weight is 225 g/mol. The third-order valence-corrected chi connectivity index (χ3v) is 2.31. The standard InChI is InChI=1S/C9H11N3O2S/c1-3-8-9(12-15(2,13)14)5-4-7(6-10)11-8/h4-5,12H,3H2,1-2H3. The molecule has 0 aromatic carbocycles. The predicted octanol–water partition coefficient (Wildman–Crippen LogP) is 0.887. The van der Waals surface area contributed by atoms with Crippen molar-refractivity contribution in [2.75, 3.05) is 11.0 Å². The molecule has 0 bridgehead atoms. The molecule has 80 valence electrons. The average Bonchev–Trinajstić information content (AvgIpc) is 2.16. The Morgan fingerprint density at radius 3 is 2.67 bits per heavy atom. The zero-order chi connectivity index (χ0) is 11.5. The number of nitrogens with zero attached hydrogens (tertiary/aromatic N) is 2. The van der Waals surface area contributed by atoms with Gasteiger partial charge in [0.2, 0.25) is 10.0 Å². The Morgan fingerprint density at radius 1 is 1.53 bits per heavy atom. The lowest BCUT2D eigenvalue weighted by atomic mass is 10.2. The summed E-state index contributed by atoms with van der Waals surface area (Å²) < 4.78 is 24.4. The van der Waals surface area contributed by atoms with Crippen molar-refractivity contribution in [3.63, 3.8) is 0 Å². The number of nitriles is 1. The number of nitrogens with one attached hydrogen (secondary N) is 1. The first-order chi connectivity index (χ1) is 6.96. The highest BCUT2D eigenvalue weighted by molar-refractivity contribution is 7.92. The van der Waals surface area contributed by atoms with Crippen molar-refractivity contribution in [1.82, 2.24) is 4.98 Å². The van der Waals surface area contributed by atoms with Crippen molar-refractivity contribution in [1.29, 1.82) is 5.26 Å². The molecule has 0 aliphatic heterocycles. The molecule has 1 rings (SSSR count). The van der Waals surface area contributed by atoms with Gasteiger partial charge in [-0.05, 0) is 18.6 Å². The van der Waals surface area contributed by atoms with Crippen LogP contribution in [0.1, 0.15) is 18.3 Å². The van der Waals surface area contributed by atoms with Crippen molar-refractivity contribution >= 4 is 15.7 Å². The van der Waals surface area contributed by atoms with Crippen LogP contribution in [0.25, 0.3) is 0 Å². The molecule has 1 N–H and O–H groups in total. The van der Waals surface area contributed by atoms with Gasteiger partial charge in [-0.2, -0.15) is 5.26 Å². The molecule has 1 aromatic heterocycles. The van der Waals surface area contributed by atoms with Crippen LogP contribution in [0.3, 0.4) is 0 Å². The predicted molar refractivity (Wildman–Crippen MR) is 56.8 cm³/mol. The second kappa shape index (κ2) is 4.28. The number of sulfonamides is 1. The summed E-state index contributed by atoms with van der Waals surface area (Å²) in [7, 11) is -3.30. The lowest BCUT2D eigenvalue weighted by Gasteiger charge is -2.07. The highest BCUT2D eigenvalue weighted by atomic mass is 32.2. The molecule has 0 unspecified atom stereocenters. The summed E-state index contributed by atoms with van der Waals surface area (Å²) in [5.74, 6) is 0. The van der Waals surface area contributed by atoms with E-state index in [2.05, 4.69) is 9.71 Å². The molecule has 0 aliphatic rings. The van der Waals surface area contributed by atoms with Crippen LogP contribution in [0.15, 0.2) is 12.1 Å². The fourth-order valence-corrected chi connectivity index (χ4v) is 1.71. The van der Waals surface area contributed by atoms with Crippen LogP contribution in [0.4, 0.5) is 5.69 Å². The number of anilines is 1. The largest absolute Gasteiger partial charge is 0.282 e. The molecular formula is C9H11N3O2S. The van der Waals surface area contributed by atoms with Gasteiger partial charge in [0.25, 0.3) is 0 Å². The van der Waals surface area contributed by atoms with Crippen molar-refractivity contribution in [2.45, 2.75) is 13.3 Å². The van der Waals surface area contributed by atoms with Crippen molar-refractivity contribution in [3.05, 3.63) is 23.5 Å². The maximum atomic E-state index is 11.0. The van der Waals surface area contributed by atoms with E-state index in [1.165, 1.54) is 6.07 Å². The number of rotatable bonds is 3. The minimum atomic E-state index is -3.30.